The number of rotatable bonds is 7. The molecule has 116 valence electrons. The number of esters is 1. The molecule has 1 amide bonds. The lowest BCUT2D eigenvalue weighted by Gasteiger charge is -2.18. The summed E-state index contributed by atoms with van der Waals surface area (Å²) in [5.41, 5.74) is 0.644. The average Bonchev–Trinajstić information content (AvgIpc) is 2.43. The number of aromatic nitrogens is 1. The van der Waals surface area contributed by atoms with E-state index < -0.39 is 12.0 Å². The van der Waals surface area contributed by atoms with Crippen LogP contribution in [0.15, 0.2) is 18.3 Å². The molecule has 7 nitrogen and oxygen atoms in total. The Morgan fingerprint density at radius 3 is 2.67 bits per heavy atom. The van der Waals surface area contributed by atoms with E-state index in [9.17, 15) is 9.59 Å². The van der Waals surface area contributed by atoms with Gasteiger partial charge in [0.2, 0.25) is 11.8 Å². The topological polar surface area (TPSA) is 89.6 Å². The minimum atomic E-state index is -0.778. The van der Waals surface area contributed by atoms with E-state index in [1.165, 1.54) is 14.0 Å². The summed E-state index contributed by atoms with van der Waals surface area (Å²) < 4.78 is 10.2. The van der Waals surface area contributed by atoms with Crippen LogP contribution in [0.4, 0.5) is 5.69 Å². The summed E-state index contributed by atoms with van der Waals surface area (Å²) in [6.45, 7) is 5.31. The second-order valence-corrected chi connectivity index (χ2v) is 4.68. The second-order valence-electron chi connectivity index (χ2n) is 4.68. The first kappa shape index (κ1) is 16.7. The van der Waals surface area contributed by atoms with Gasteiger partial charge in [-0.2, -0.15) is 0 Å². The quantitative estimate of drug-likeness (QED) is 0.728. The fraction of sp³-hybridized carbons (Fsp3) is 0.500. The summed E-state index contributed by atoms with van der Waals surface area (Å²) in [5.74, 6) is -0.385. The normalized spacial score (nSPS) is 11.7. The Kier molecular flexibility index (Phi) is 6.45. The number of nitrogens with one attached hydrogen (secondary N) is 2. The zero-order valence-electron chi connectivity index (χ0n) is 12.7. The van der Waals surface area contributed by atoms with Gasteiger partial charge in [0.25, 0.3) is 0 Å². The third-order valence-corrected chi connectivity index (χ3v) is 2.48. The van der Waals surface area contributed by atoms with Crippen molar-refractivity contribution in [1.82, 2.24) is 10.3 Å². The Morgan fingerprint density at radius 1 is 1.38 bits per heavy atom. The van der Waals surface area contributed by atoms with E-state index in [0.717, 1.165) is 0 Å². The van der Waals surface area contributed by atoms with Gasteiger partial charge in [0.1, 0.15) is 6.04 Å². The Morgan fingerprint density at radius 2 is 2.10 bits per heavy atom. The van der Waals surface area contributed by atoms with Gasteiger partial charge >= 0.3 is 5.97 Å². The van der Waals surface area contributed by atoms with Crippen LogP contribution < -0.4 is 15.4 Å². The second kappa shape index (κ2) is 8.08. The highest BCUT2D eigenvalue weighted by atomic mass is 16.5. The van der Waals surface area contributed by atoms with E-state index >= 15 is 0 Å². The lowest BCUT2D eigenvalue weighted by atomic mass is 10.2. The highest BCUT2D eigenvalue weighted by Gasteiger charge is 2.20. The molecule has 0 fully saturated rings. The van der Waals surface area contributed by atoms with Crippen LogP contribution in [0.5, 0.6) is 5.88 Å². The van der Waals surface area contributed by atoms with Crippen LogP contribution in [0.2, 0.25) is 0 Å². The van der Waals surface area contributed by atoms with Crippen LogP contribution in [0.3, 0.4) is 0 Å². The molecule has 0 saturated heterocycles. The third kappa shape index (κ3) is 5.68. The first-order chi connectivity index (χ1) is 9.93. The van der Waals surface area contributed by atoms with Crippen molar-refractivity contribution in [2.45, 2.75) is 32.9 Å². The van der Waals surface area contributed by atoms with Gasteiger partial charge in [-0.15, -0.1) is 0 Å². The molecule has 21 heavy (non-hydrogen) atoms. The first-order valence-corrected chi connectivity index (χ1v) is 6.64. The van der Waals surface area contributed by atoms with Gasteiger partial charge in [0.15, 0.2) is 0 Å². The van der Waals surface area contributed by atoms with Crippen LogP contribution in [-0.2, 0) is 14.3 Å². The Hall–Kier alpha value is -2.31. The zero-order chi connectivity index (χ0) is 15.8. The van der Waals surface area contributed by atoms with E-state index in [4.69, 9.17) is 4.74 Å². The van der Waals surface area contributed by atoms with Crippen molar-refractivity contribution in [3.8, 4) is 5.88 Å². The number of hydrogen-bond donors (Lipinski definition) is 2. The van der Waals surface area contributed by atoms with Crippen molar-refractivity contribution in [3.63, 3.8) is 0 Å². The number of carbonyl (C=O) groups is 2. The monoisotopic (exact) mass is 295 g/mol. The van der Waals surface area contributed by atoms with Crippen molar-refractivity contribution in [2.24, 2.45) is 0 Å². The predicted octanol–water partition coefficient (Wildman–Crippen LogP) is 0.958. The molecule has 1 rings (SSSR count). The van der Waals surface area contributed by atoms with Crippen molar-refractivity contribution >= 4 is 17.6 Å². The molecular weight excluding hydrogens is 274 g/mol. The van der Waals surface area contributed by atoms with Crippen LogP contribution >= 0.6 is 0 Å². The molecule has 1 aromatic rings. The summed E-state index contributed by atoms with van der Waals surface area (Å²) in [7, 11) is 1.27. The number of ether oxygens (including phenoxy) is 2. The van der Waals surface area contributed by atoms with Gasteiger partial charge in [-0.25, -0.2) is 9.78 Å². The summed E-state index contributed by atoms with van der Waals surface area (Å²) in [5, 5.41) is 5.56. The summed E-state index contributed by atoms with van der Waals surface area (Å²) in [6, 6.07) is 2.76. The number of methoxy groups -OCH3 is 1. The molecule has 1 atom stereocenters. The fourth-order valence-electron chi connectivity index (χ4n) is 1.64. The molecule has 1 heterocycles. The van der Waals surface area contributed by atoms with E-state index in [-0.39, 0.29) is 18.6 Å². The van der Waals surface area contributed by atoms with Crippen molar-refractivity contribution in [2.75, 3.05) is 19.0 Å². The number of carbonyl (C=O) groups excluding carboxylic acids is 2. The van der Waals surface area contributed by atoms with E-state index in [2.05, 4.69) is 20.4 Å². The van der Waals surface area contributed by atoms with Crippen LogP contribution in [0, 0.1) is 0 Å². The maximum atomic E-state index is 11.6. The molecule has 0 aliphatic heterocycles. The molecule has 0 saturated carbocycles. The van der Waals surface area contributed by atoms with Crippen molar-refractivity contribution in [1.29, 1.82) is 0 Å². The Bertz CT molecular complexity index is 491. The molecule has 0 aromatic carbocycles. The largest absolute Gasteiger partial charge is 0.473 e. The maximum absolute atomic E-state index is 11.6. The standard InChI is InChI=1S/C14H21N3O4/c1-9(2)21-13-11(6-5-7-15-13)16-8-12(14(19)20-4)17-10(3)18/h5-7,9,12,16H,8H2,1-4H3,(H,17,18). The molecule has 2 N–H and O–H groups in total. The molecule has 0 radical (unpaired) electrons. The molecule has 0 bridgehead atoms. The average molecular weight is 295 g/mol. The molecule has 0 aliphatic carbocycles. The Labute approximate surface area is 124 Å². The van der Waals surface area contributed by atoms with Gasteiger partial charge < -0.3 is 20.1 Å². The van der Waals surface area contributed by atoms with Gasteiger partial charge in [-0.3, -0.25) is 4.79 Å². The number of amides is 1. The zero-order valence-corrected chi connectivity index (χ0v) is 12.7. The summed E-state index contributed by atoms with van der Waals surface area (Å²) in [6.07, 6.45) is 1.60. The van der Waals surface area contributed by atoms with Gasteiger partial charge in [0, 0.05) is 19.7 Å². The van der Waals surface area contributed by atoms with E-state index in [0.29, 0.717) is 11.6 Å². The number of hydrogen-bond acceptors (Lipinski definition) is 6. The number of pyridine rings is 1. The Balaban J connectivity index is 2.75. The SMILES string of the molecule is COC(=O)C(CNc1cccnc1OC(C)C)NC(C)=O. The molecule has 1 unspecified atom stereocenters. The number of nitrogens with zero attached hydrogens (tertiary/aromatic N) is 1. The maximum Gasteiger partial charge on any atom is 0.330 e. The highest BCUT2D eigenvalue weighted by Crippen LogP contribution is 2.21. The summed E-state index contributed by atoms with van der Waals surface area (Å²) >= 11 is 0. The first-order valence-electron chi connectivity index (χ1n) is 6.64. The van der Waals surface area contributed by atoms with E-state index in [1.54, 1.807) is 18.3 Å². The smallest absolute Gasteiger partial charge is 0.330 e. The lowest BCUT2D eigenvalue weighted by molar-refractivity contribution is -0.144. The highest BCUT2D eigenvalue weighted by molar-refractivity contribution is 5.83. The van der Waals surface area contributed by atoms with Crippen molar-refractivity contribution in [3.05, 3.63) is 18.3 Å². The molecule has 7 heteroatoms. The van der Waals surface area contributed by atoms with Gasteiger partial charge in [-0.1, -0.05) is 0 Å². The minimum Gasteiger partial charge on any atom is -0.473 e. The fourth-order valence-corrected chi connectivity index (χ4v) is 1.64. The minimum absolute atomic E-state index is 0.0211. The van der Waals surface area contributed by atoms with Gasteiger partial charge in [-0.05, 0) is 26.0 Å². The molecule has 0 spiro atoms. The van der Waals surface area contributed by atoms with Crippen LogP contribution in [0.25, 0.3) is 0 Å². The van der Waals surface area contributed by atoms with Crippen LogP contribution in [-0.4, -0.2) is 42.7 Å². The lowest BCUT2D eigenvalue weighted by Crippen LogP contribution is -2.45. The molecule has 0 aliphatic rings. The molecule has 1 aromatic heterocycles. The van der Waals surface area contributed by atoms with Crippen molar-refractivity contribution < 1.29 is 19.1 Å². The third-order valence-electron chi connectivity index (χ3n) is 2.48. The number of anilines is 1. The van der Waals surface area contributed by atoms with E-state index in [1.807, 2.05) is 13.8 Å². The van der Waals surface area contributed by atoms with Crippen LogP contribution in [0.1, 0.15) is 20.8 Å². The molecular formula is C14H21N3O4. The predicted molar refractivity (Wildman–Crippen MR) is 78.1 cm³/mol. The van der Waals surface area contributed by atoms with Gasteiger partial charge in [0.05, 0.1) is 18.9 Å². The summed E-state index contributed by atoms with van der Waals surface area (Å²) in [4.78, 5) is 26.9.